The van der Waals surface area contributed by atoms with E-state index in [4.69, 9.17) is 31.0 Å². The summed E-state index contributed by atoms with van der Waals surface area (Å²) in [5, 5.41) is 26.8. The van der Waals surface area contributed by atoms with Gasteiger partial charge in [0.05, 0.1) is 0 Å². The maximum absolute atomic E-state index is 8.99. The SMILES string of the molecule is [B]c1cc(O)c(O)c([B])c1O. The highest BCUT2D eigenvalue weighted by molar-refractivity contribution is 6.42. The van der Waals surface area contributed by atoms with Gasteiger partial charge in [0, 0.05) is 0 Å². The molecule has 5 heteroatoms. The Hall–Kier alpha value is -1.25. The van der Waals surface area contributed by atoms with Crippen LogP contribution >= 0.6 is 0 Å². The van der Waals surface area contributed by atoms with Crippen LogP contribution in [0.1, 0.15) is 0 Å². The molecule has 0 unspecified atom stereocenters. The van der Waals surface area contributed by atoms with Gasteiger partial charge in [0.2, 0.25) is 0 Å². The molecule has 1 aromatic rings. The van der Waals surface area contributed by atoms with Crippen LogP contribution in [0.5, 0.6) is 17.2 Å². The van der Waals surface area contributed by atoms with Gasteiger partial charge in [-0.3, -0.25) is 0 Å². The third-order valence-electron chi connectivity index (χ3n) is 1.32. The number of benzene rings is 1. The molecule has 0 aliphatic heterocycles. The second kappa shape index (κ2) is 2.42. The Labute approximate surface area is 66.1 Å². The van der Waals surface area contributed by atoms with Crippen molar-refractivity contribution >= 4 is 26.6 Å². The fourth-order valence-corrected chi connectivity index (χ4v) is 0.690. The summed E-state index contributed by atoms with van der Waals surface area (Å²) in [5.74, 6) is -1.42. The summed E-state index contributed by atoms with van der Waals surface area (Å²) >= 11 is 0. The van der Waals surface area contributed by atoms with Crippen molar-refractivity contribution < 1.29 is 15.3 Å². The molecule has 0 spiro atoms. The van der Waals surface area contributed by atoms with E-state index in [2.05, 4.69) is 0 Å². The van der Waals surface area contributed by atoms with Crippen LogP contribution in [0.2, 0.25) is 0 Å². The topological polar surface area (TPSA) is 60.7 Å². The van der Waals surface area contributed by atoms with Crippen molar-refractivity contribution in [3.63, 3.8) is 0 Å². The zero-order valence-electron chi connectivity index (χ0n) is 5.57. The first-order chi connectivity index (χ1) is 5.04. The highest BCUT2D eigenvalue weighted by atomic mass is 16.3. The quantitative estimate of drug-likeness (QED) is 0.234. The molecule has 0 saturated carbocycles. The van der Waals surface area contributed by atoms with E-state index in [0.717, 1.165) is 6.07 Å². The summed E-state index contributed by atoms with van der Waals surface area (Å²) in [7, 11) is 10.3. The van der Waals surface area contributed by atoms with E-state index < -0.39 is 17.2 Å². The van der Waals surface area contributed by atoms with E-state index in [9.17, 15) is 0 Å². The van der Waals surface area contributed by atoms with Crippen LogP contribution in [0.15, 0.2) is 6.07 Å². The Kier molecular flexibility index (Phi) is 1.72. The van der Waals surface area contributed by atoms with E-state index in [1.165, 1.54) is 0 Å². The molecule has 0 atom stereocenters. The van der Waals surface area contributed by atoms with Crippen LogP contribution in [0.3, 0.4) is 0 Å². The minimum absolute atomic E-state index is 0.0715. The number of rotatable bonds is 0. The molecule has 3 N–H and O–H groups in total. The summed E-state index contributed by atoms with van der Waals surface area (Å²) in [6, 6.07) is 1.01. The smallest absolute Gasteiger partial charge is 0.156 e. The number of hydrogen-bond acceptors (Lipinski definition) is 3. The molecule has 0 amide bonds. The van der Waals surface area contributed by atoms with Crippen LogP contribution in [-0.2, 0) is 0 Å². The minimum atomic E-state index is -0.559. The van der Waals surface area contributed by atoms with E-state index in [1.54, 1.807) is 0 Å². The molecule has 0 bridgehead atoms. The van der Waals surface area contributed by atoms with E-state index in [0.29, 0.717) is 0 Å². The van der Waals surface area contributed by atoms with Gasteiger partial charge in [0.1, 0.15) is 21.4 Å². The average Bonchev–Trinajstić information content (AvgIpc) is 1.97. The van der Waals surface area contributed by atoms with Gasteiger partial charge in [0.25, 0.3) is 0 Å². The lowest BCUT2D eigenvalue weighted by Crippen LogP contribution is -2.14. The predicted octanol–water partition coefficient (Wildman–Crippen LogP) is -1.61. The Morgan fingerprint density at radius 2 is 1.55 bits per heavy atom. The van der Waals surface area contributed by atoms with Crippen molar-refractivity contribution in [3.05, 3.63) is 6.07 Å². The molecule has 0 aromatic heterocycles. The second-order valence-electron chi connectivity index (χ2n) is 2.10. The lowest BCUT2D eigenvalue weighted by atomic mass is 9.84. The largest absolute Gasteiger partial charge is 0.509 e. The van der Waals surface area contributed by atoms with Crippen LogP contribution < -0.4 is 10.9 Å². The molecule has 0 fully saturated rings. The third-order valence-corrected chi connectivity index (χ3v) is 1.32. The zero-order chi connectivity index (χ0) is 8.59. The van der Waals surface area contributed by atoms with Gasteiger partial charge >= 0.3 is 0 Å². The maximum atomic E-state index is 8.99. The molecular formula is C6H4B2O3. The number of aromatic hydroxyl groups is 3. The Morgan fingerprint density at radius 3 is 2.09 bits per heavy atom. The first kappa shape index (κ1) is 7.85. The van der Waals surface area contributed by atoms with E-state index in [-0.39, 0.29) is 10.9 Å². The Morgan fingerprint density at radius 1 is 1.00 bits per heavy atom. The van der Waals surface area contributed by atoms with Gasteiger partial charge < -0.3 is 15.3 Å². The minimum Gasteiger partial charge on any atom is -0.509 e. The number of phenols is 3. The van der Waals surface area contributed by atoms with Crippen molar-refractivity contribution in [2.45, 2.75) is 0 Å². The maximum Gasteiger partial charge on any atom is 0.156 e. The average molecular weight is 146 g/mol. The van der Waals surface area contributed by atoms with Crippen molar-refractivity contribution in [2.75, 3.05) is 0 Å². The summed E-state index contributed by atoms with van der Waals surface area (Å²) < 4.78 is 0. The molecule has 11 heavy (non-hydrogen) atoms. The molecule has 0 aliphatic rings. The Bertz CT molecular complexity index is 272. The fourth-order valence-electron chi connectivity index (χ4n) is 0.690. The molecule has 3 nitrogen and oxygen atoms in total. The standard InChI is InChI=1S/C6H4B2O3/c7-2-1-3(9)6(11)4(8)5(2)10/h1,9-11H. The summed E-state index contributed by atoms with van der Waals surface area (Å²) in [6.07, 6.45) is 0. The predicted molar refractivity (Wildman–Crippen MR) is 42.2 cm³/mol. The number of phenolic OH excluding ortho intramolecular Hbond substituents is 3. The first-order valence-corrected chi connectivity index (χ1v) is 2.83. The lowest BCUT2D eigenvalue weighted by molar-refractivity contribution is 0.402. The van der Waals surface area contributed by atoms with Crippen LogP contribution in [0.4, 0.5) is 0 Å². The second-order valence-corrected chi connectivity index (χ2v) is 2.10. The van der Waals surface area contributed by atoms with Crippen molar-refractivity contribution in [1.29, 1.82) is 0 Å². The van der Waals surface area contributed by atoms with Crippen LogP contribution in [0.25, 0.3) is 0 Å². The molecule has 1 aromatic carbocycles. The van der Waals surface area contributed by atoms with E-state index >= 15 is 0 Å². The summed E-state index contributed by atoms with van der Waals surface area (Å²) in [5.41, 5.74) is -0.389. The molecular weight excluding hydrogens is 142 g/mol. The molecule has 1 rings (SSSR count). The third kappa shape index (κ3) is 1.13. The molecule has 0 heterocycles. The Balaban J connectivity index is 3.46. The van der Waals surface area contributed by atoms with Crippen molar-refractivity contribution in [3.8, 4) is 17.2 Å². The van der Waals surface area contributed by atoms with E-state index in [1.807, 2.05) is 0 Å². The van der Waals surface area contributed by atoms with Gasteiger partial charge in [-0.25, -0.2) is 0 Å². The lowest BCUT2D eigenvalue weighted by Gasteiger charge is -2.07. The van der Waals surface area contributed by atoms with Gasteiger partial charge in [-0.05, 0) is 11.5 Å². The molecule has 0 aliphatic carbocycles. The highest BCUT2D eigenvalue weighted by Crippen LogP contribution is 2.22. The fraction of sp³-hybridized carbons (Fsp3) is 0. The monoisotopic (exact) mass is 146 g/mol. The van der Waals surface area contributed by atoms with Gasteiger partial charge in [0.15, 0.2) is 11.5 Å². The molecule has 0 saturated heterocycles. The molecule has 52 valence electrons. The number of hydrogen-bond donors (Lipinski definition) is 3. The summed E-state index contributed by atoms with van der Waals surface area (Å²) in [6.45, 7) is 0. The van der Waals surface area contributed by atoms with Crippen LogP contribution in [-0.4, -0.2) is 31.0 Å². The zero-order valence-corrected chi connectivity index (χ0v) is 5.57. The van der Waals surface area contributed by atoms with Gasteiger partial charge in [-0.15, -0.1) is 0 Å². The van der Waals surface area contributed by atoms with Crippen molar-refractivity contribution in [1.82, 2.24) is 0 Å². The van der Waals surface area contributed by atoms with Gasteiger partial charge in [-0.2, -0.15) is 0 Å². The van der Waals surface area contributed by atoms with Crippen molar-refractivity contribution in [2.24, 2.45) is 0 Å². The summed E-state index contributed by atoms with van der Waals surface area (Å²) in [4.78, 5) is 0. The first-order valence-electron chi connectivity index (χ1n) is 2.83. The van der Waals surface area contributed by atoms with Gasteiger partial charge in [-0.1, -0.05) is 5.46 Å². The highest BCUT2D eigenvalue weighted by Gasteiger charge is 2.08. The normalized spacial score (nSPS) is 9.82. The van der Waals surface area contributed by atoms with Crippen LogP contribution in [0, 0.1) is 0 Å². The molecule has 4 radical (unpaired) electrons.